The highest BCUT2D eigenvalue weighted by Crippen LogP contribution is 2.16. The summed E-state index contributed by atoms with van der Waals surface area (Å²) in [5, 5.41) is 0. The second-order valence-electron chi connectivity index (χ2n) is 3.19. The molecule has 2 heterocycles. The van der Waals surface area contributed by atoms with Crippen LogP contribution < -0.4 is 0 Å². The molecule has 1 saturated heterocycles. The first-order valence-electron chi connectivity index (χ1n) is 4.62. The number of nitrogens with zero attached hydrogens (tertiary/aromatic N) is 2. The van der Waals surface area contributed by atoms with Crippen LogP contribution in [0.15, 0.2) is 17.0 Å². The molecule has 1 aromatic rings. The van der Waals surface area contributed by atoms with E-state index in [1.807, 2.05) is 6.92 Å². The Balaban J connectivity index is 2.01. The summed E-state index contributed by atoms with van der Waals surface area (Å²) in [4.78, 5) is 16.7. The third kappa shape index (κ3) is 1.57. The van der Waals surface area contributed by atoms with Gasteiger partial charge in [-0.2, -0.15) is 0 Å². The van der Waals surface area contributed by atoms with E-state index >= 15 is 0 Å². The average Bonchev–Trinajstić information content (AvgIpc) is 2.77. The SMILES string of the molecule is CCN1C(=O)OCC1Cc1cnco1. The maximum Gasteiger partial charge on any atom is 0.410 e. The topological polar surface area (TPSA) is 55.6 Å². The van der Waals surface area contributed by atoms with Crippen molar-refractivity contribution in [3.63, 3.8) is 0 Å². The Labute approximate surface area is 81.7 Å². The van der Waals surface area contributed by atoms with Crippen LogP contribution in [0.1, 0.15) is 12.7 Å². The molecule has 1 fully saturated rings. The minimum absolute atomic E-state index is 0.0837. The van der Waals surface area contributed by atoms with Gasteiger partial charge in [0.1, 0.15) is 12.4 Å². The summed E-state index contributed by atoms with van der Waals surface area (Å²) in [5.74, 6) is 0.784. The largest absolute Gasteiger partial charge is 0.448 e. The molecule has 1 atom stereocenters. The number of carbonyl (C=O) groups is 1. The highest BCUT2D eigenvalue weighted by molar-refractivity contribution is 5.70. The van der Waals surface area contributed by atoms with Gasteiger partial charge < -0.3 is 14.1 Å². The van der Waals surface area contributed by atoms with Gasteiger partial charge in [0.05, 0.1) is 12.2 Å². The Bertz CT molecular complexity index is 310. The minimum atomic E-state index is -0.239. The first kappa shape index (κ1) is 9.05. The van der Waals surface area contributed by atoms with Crippen LogP contribution in [-0.4, -0.2) is 35.2 Å². The molecular formula is C9H12N2O3. The van der Waals surface area contributed by atoms with Gasteiger partial charge in [0.15, 0.2) is 6.39 Å². The summed E-state index contributed by atoms with van der Waals surface area (Å²) >= 11 is 0. The van der Waals surface area contributed by atoms with Gasteiger partial charge in [-0.15, -0.1) is 0 Å². The molecule has 5 heteroatoms. The van der Waals surface area contributed by atoms with Crippen molar-refractivity contribution < 1.29 is 13.9 Å². The van der Waals surface area contributed by atoms with Crippen LogP contribution in [0.3, 0.4) is 0 Å². The fourth-order valence-electron chi connectivity index (χ4n) is 1.62. The molecule has 1 amide bonds. The zero-order valence-electron chi connectivity index (χ0n) is 7.97. The normalized spacial score (nSPS) is 21.4. The van der Waals surface area contributed by atoms with Crippen molar-refractivity contribution in [2.24, 2.45) is 0 Å². The van der Waals surface area contributed by atoms with E-state index in [0.29, 0.717) is 19.6 Å². The fourth-order valence-corrected chi connectivity index (χ4v) is 1.62. The lowest BCUT2D eigenvalue weighted by molar-refractivity contribution is 0.159. The minimum Gasteiger partial charge on any atom is -0.448 e. The van der Waals surface area contributed by atoms with Gasteiger partial charge >= 0.3 is 6.09 Å². The van der Waals surface area contributed by atoms with Crippen LogP contribution in [0, 0.1) is 0 Å². The smallest absolute Gasteiger partial charge is 0.410 e. The first-order chi connectivity index (χ1) is 6.81. The second-order valence-corrected chi connectivity index (χ2v) is 3.19. The Morgan fingerprint density at radius 1 is 1.71 bits per heavy atom. The molecule has 1 aliphatic heterocycles. The number of amides is 1. The van der Waals surface area contributed by atoms with Crippen molar-refractivity contribution in [3.05, 3.63) is 18.4 Å². The summed E-state index contributed by atoms with van der Waals surface area (Å²) in [6, 6.07) is 0.0837. The Kier molecular flexibility index (Phi) is 2.39. The molecule has 5 nitrogen and oxygen atoms in total. The van der Waals surface area contributed by atoms with Crippen LogP contribution in [-0.2, 0) is 11.2 Å². The molecule has 76 valence electrons. The molecular weight excluding hydrogens is 184 g/mol. The summed E-state index contributed by atoms with van der Waals surface area (Å²) in [7, 11) is 0. The van der Waals surface area contributed by atoms with Gasteiger partial charge in [0.2, 0.25) is 0 Å². The van der Waals surface area contributed by atoms with Crippen LogP contribution in [0.25, 0.3) is 0 Å². The molecule has 0 aromatic carbocycles. The highest BCUT2D eigenvalue weighted by atomic mass is 16.6. The fraction of sp³-hybridized carbons (Fsp3) is 0.556. The Hall–Kier alpha value is -1.52. The number of likely N-dealkylation sites (N-methyl/N-ethyl adjacent to an activating group) is 1. The van der Waals surface area contributed by atoms with Gasteiger partial charge in [0, 0.05) is 13.0 Å². The van der Waals surface area contributed by atoms with E-state index < -0.39 is 0 Å². The lowest BCUT2D eigenvalue weighted by Crippen LogP contribution is -2.34. The third-order valence-corrected chi connectivity index (χ3v) is 2.34. The monoisotopic (exact) mass is 196 g/mol. The zero-order valence-corrected chi connectivity index (χ0v) is 7.97. The maximum absolute atomic E-state index is 11.2. The standard InChI is InChI=1S/C9H12N2O3/c1-2-11-7(5-13-9(11)12)3-8-4-10-6-14-8/h4,6-7H,2-3,5H2,1H3. The highest BCUT2D eigenvalue weighted by Gasteiger charge is 2.32. The van der Waals surface area contributed by atoms with Gasteiger partial charge in [-0.05, 0) is 6.92 Å². The molecule has 1 unspecified atom stereocenters. The number of hydrogen-bond donors (Lipinski definition) is 0. The average molecular weight is 196 g/mol. The number of rotatable bonds is 3. The van der Waals surface area contributed by atoms with E-state index in [1.165, 1.54) is 6.39 Å². The number of cyclic esters (lactones) is 1. The number of aromatic nitrogens is 1. The van der Waals surface area contributed by atoms with Crippen LogP contribution in [0.5, 0.6) is 0 Å². The van der Waals surface area contributed by atoms with Crippen molar-refractivity contribution in [1.29, 1.82) is 0 Å². The molecule has 1 aliphatic rings. The van der Waals surface area contributed by atoms with Crippen LogP contribution in [0.2, 0.25) is 0 Å². The van der Waals surface area contributed by atoms with E-state index in [9.17, 15) is 4.79 Å². The van der Waals surface area contributed by atoms with Gasteiger partial charge in [-0.3, -0.25) is 0 Å². The molecule has 0 spiro atoms. The first-order valence-corrected chi connectivity index (χ1v) is 4.62. The zero-order chi connectivity index (χ0) is 9.97. The van der Waals surface area contributed by atoms with E-state index in [0.717, 1.165) is 5.76 Å². The quantitative estimate of drug-likeness (QED) is 0.725. The predicted molar refractivity (Wildman–Crippen MR) is 47.7 cm³/mol. The maximum atomic E-state index is 11.2. The van der Waals surface area contributed by atoms with E-state index in [2.05, 4.69) is 4.98 Å². The number of oxazole rings is 1. The lowest BCUT2D eigenvalue weighted by Gasteiger charge is -2.17. The molecule has 0 aliphatic carbocycles. The molecule has 14 heavy (non-hydrogen) atoms. The molecule has 2 rings (SSSR count). The molecule has 0 saturated carbocycles. The number of ether oxygens (including phenoxy) is 1. The van der Waals surface area contributed by atoms with E-state index in [1.54, 1.807) is 11.1 Å². The summed E-state index contributed by atoms with van der Waals surface area (Å²) in [5.41, 5.74) is 0. The van der Waals surface area contributed by atoms with Crippen molar-refractivity contribution in [1.82, 2.24) is 9.88 Å². The summed E-state index contributed by atoms with van der Waals surface area (Å²) < 4.78 is 10.1. The van der Waals surface area contributed by atoms with E-state index in [-0.39, 0.29) is 12.1 Å². The lowest BCUT2D eigenvalue weighted by atomic mass is 10.2. The van der Waals surface area contributed by atoms with Gasteiger partial charge in [0.25, 0.3) is 0 Å². The van der Waals surface area contributed by atoms with Crippen LogP contribution in [0.4, 0.5) is 4.79 Å². The van der Waals surface area contributed by atoms with Gasteiger partial charge in [-0.25, -0.2) is 9.78 Å². The second kappa shape index (κ2) is 3.69. The molecule has 0 bridgehead atoms. The summed E-state index contributed by atoms with van der Waals surface area (Å²) in [6.45, 7) is 3.03. The van der Waals surface area contributed by atoms with Crippen molar-refractivity contribution in [3.8, 4) is 0 Å². The van der Waals surface area contributed by atoms with Crippen molar-refractivity contribution >= 4 is 6.09 Å². The predicted octanol–water partition coefficient (Wildman–Crippen LogP) is 1.06. The van der Waals surface area contributed by atoms with Crippen molar-refractivity contribution in [2.75, 3.05) is 13.2 Å². The summed E-state index contributed by atoms with van der Waals surface area (Å²) in [6.07, 6.45) is 3.48. The van der Waals surface area contributed by atoms with E-state index in [4.69, 9.17) is 9.15 Å². The Morgan fingerprint density at radius 3 is 3.21 bits per heavy atom. The number of hydrogen-bond acceptors (Lipinski definition) is 4. The Morgan fingerprint density at radius 2 is 2.57 bits per heavy atom. The van der Waals surface area contributed by atoms with Crippen molar-refractivity contribution in [2.45, 2.75) is 19.4 Å². The van der Waals surface area contributed by atoms with Gasteiger partial charge in [-0.1, -0.05) is 0 Å². The molecule has 0 radical (unpaired) electrons. The number of carbonyl (C=O) groups excluding carboxylic acids is 1. The molecule has 1 aromatic heterocycles. The third-order valence-electron chi connectivity index (χ3n) is 2.34. The van der Waals surface area contributed by atoms with Crippen LogP contribution >= 0.6 is 0 Å². The molecule has 0 N–H and O–H groups in total.